The standard InChI is InChI=1S/C9H8F3NO2/c1-5-6(8(13)14)3-2-4-7(5)15-9(10,11)12/h2-4H,1H3,(H2,13,14). The van der Waals surface area contributed by atoms with Gasteiger partial charge in [-0.3, -0.25) is 4.79 Å². The number of ether oxygens (including phenoxy) is 1. The largest absolute Gasteiger partial charge is 0.573 e. The zero-order chi connectivity index (χ0) is 11.6. The summed E-state index contributed by atoms with van der Waals surface area (Å²) in [6, 6.07) is 3.73. The average Bonchev–Trinajstić information content (AvgIpc) is 2.05. The molecule has 3 nitrogen and oxygen atoms in total. The molecule has 0 saturated carbocycles. The molecule has 2 N–H and O–H groups in total. The predicted molar refractivity (Wildman–Crippen MR) is 46.4 cm³/mol. The van der Waals surface area contributed by atoms with Crippen LogP contribution >= 0.6 is 0 Å². The summed E-state index contributed by atoms with van der Waals surface area (Å²) in [7, 11) is 0. The molecule has 0 aliphatic rings. The quantitative estimate of drug-likeness (QED) is 0.826. The molecule has 0 saturated heterocycles. The molecule has 0 heterocycles. The Morgan fingerprint density at radius 3 is 2.47 bits per heavy atom. The number of rotatable bonds is 2. The summed E-state index contributed by atoms with van der Waals surface area (Å²) in [6.45, 7) is 1.33. The van der Waals surface area contributed by atoms with E-state index < -0.39 is 18.0 Å². The zero-order valence-electron chi connectivity index (χ0n) is 7.76. The van der Waals surface area contributed by atoms with Crippen LogP contribution in [0.3, 0.4) is 0 Å². The smallest absolute Gasteiger partial charge is 0.405 e. The molecule has 0 aromatic heterocycles. The van der Waals surface area contributed by atoms with E-state index in [0.29, 0.717) is 0 Å². The second-order valence-electron chi connectivity index (χ2n) is 2.84. The number of benzene rings is 1. The minimum atomic E-state index is -4.78. The Balaban J connectivity index is 3.10. The number of hydrogen-bond donors (Lipinski definition) is 1. The summed E-state index contributed by atoms with van der Waals surface area (Å²) in [6.07, 6.45) is -4.78. The van der Waals surface area contributed by atoms with Gasteiger partial charge in [-0.25, -0.2) is 0 Å². The van der Waals surface area contributed by atoms with Gasteiger partial charge in [0.25, 0.3) is 0 Å². The van der Waals surface area contributed by atoms with Crippen molar-refractivity contribution in [3.05, 3.63) is 29.3 Å². The van der Waals surface area contributed by atoms with E-state index in [1.54, 1.807) is 0 Å². The summed E-state index contributed by atoms with van der Waals surface area (Å²) in [4.78, 5) is 10.8. The maximum absolute atomic E-state index is 11.9. The first kappa shape index (κ1) is 11.4. The lowest BCUT2D eigenvalue weighted by molar-refractivity contribution is -0.274. The van der Waals surface area contributed by atoms with Crippen LogP contribution in [0.4, 0.5) is 13.2 Å². The fraction of sp³-hybridized carbons (Fsp3) is 0.222. The highest BCUT2D eigenvalue weighted by atomic mass is 19.4. The number of carbonyl (C=O) groups is 1. The van der Waals surface area contributed by atoms with Gasteiger partial charge in [-0.2, -0.15) is 0 Å². The average molecular weight is 219 g/mol. The molecule has 0 radical (unpaired) electrons. The molecule has 6 heteroatoms. The Bertz CT molecular complexity index is 387. The first-order valence-corrected chi connectivity index (χ1v) is 3.96. The number of carbonyl (C=O) groups excluding carboxylic acids is 1. The highest BCUT2D eigenvalue weighted by molar-refractivity contribution is 5.94. The minimum absolute atomic E-state index is 0.0109. The molecule has 1 aromatic carbocycles. The van der Waals surface area contributed by atoms with E-state index in [1.807, 2.05) is 0 Å². The topological polar surface area (TPSA) is 52.3 Å². The third-order valence-corrected chi connectivity index (χ3v) is 1.78. The van der Waals surface area contributed by atoms with Crippen LogP contribution in [-0.2, 0) is 0 Å². The van der Waals surface area contributed by atoms with Gasteiger partial charge in [0.05, 0.1) is 0 Å². The number of amides is 1. The van der Waals surface area contributed by atoms with Gasteiger partial charge in [0, 0.05) is 11.1 Å². The van der Waals surface area contributed by atoms with Gasteiger partial charge in [0.1, 0.15) is 5.75 Å². The maximum atomic E-state index is 11.9. The number of halogens is 3. The molecular formula is C9H8F3NO2. The van der Waals surface area contributed by atoms with Gasteiger partial charge in [0.2, 0.25) is 5.91 Å². The van der Waals surface area contributed by atoms with Gasteiger partial charge in [-0.1, -0.05) is 6.07 Å². The molecule has 82 valence electrons. The van der Waals surface area contributed by atoms with Crippen molar-refractivity contribution in [2.45, 2.75) is 13.3 Å². The monoisotopic (exact) mass is 219 g/mol. The number of alkyl halides is 3. The Hall–Kier alpha value is -1.72. The van der Waals surface area contributed by atoms with Crippen molar-refractivity contribution in [1.82, 2.24) is 0 Å². The van der Waals surface area contributed by atoms with Crippen LogP contribution in [0.15, 0.2) is 18.2 Å². The number of nitrogens with two attached hydrogens (primary N) is 1. The molecule has 0 aliphatic heterocycles. The maximum Gasteiger partial charge on any atom is 0.573 e. The van der Waals surface area contributed by atoms with Crippen molar-refractivity contribution in [3.63, 3.8) is 0 Å². The lowest BCUT2D eigenvalue weighted by atomic mass is 10.1. The lowest BCUT2D eigenvalue weighted by Gasteiger charge is -2.12. The second-order valence-corrected chi connectivity index (χ2v) is 2.84. The van der Waals surface area contributed by atoms with E-state index in [1.165, 1.54) is 19.1 Å². The molecule has 0 spiro atoms. The highest BCUT2D eigenvalue weighted by Gasteiger charge is 2.32. The molecule has 0 unspecified atom stereocenters. The second kappa shape index (κ2) is 3.80. The summed E-state index contributed by atoms with van der Waals surface area (Å²) in [5.74, 6) is -1.21. The minimum Gasteiger partial charge on any atom is -0.405 e. The van der Waals surface area contributed by atoms with Crippen molar-refractivity contribution in [3.8, 4) is 5.75 Å². The molecule has 0 aliphatic carbocycles. The number of hydrogen-bond acceptors (Lipinski definition) is 2. The van der Waals surface area contributed by atoms with E-state index in [9.17, 15) is 18.0 Å². The normalized spacial score (nSPS) is 11.2. The molecule has 0 bridgehead atoms. The lowest BCUT2D eigenvalue weighted by Crippen LogP contribution is -2.19. The molecule has 0 fully saturated rings. The molecule has 1 aromatic rings. The highest BCUT2D eigenvalue weighted by Crippen LogP contribution is 2.27. The van der Waals surface area contributed by atoms with Crippen molar-refractivity contribution in [2.75, 3.05) is 0 Å². The summed E-state index contributed by atoms with van der Waals surface area (Å²) in [5, 5.41) is 0. The zero-order valence-corrected chi connectivity index (χ0v) is 7.76. The third kappa shape index (κ3) is 2.87. The molecule has 15 heavy (non-hydrogen) atoms. The van der Waals surface area contributed by atoms with Crippen LogP contribution in [0.1, 0.15) is 15.9 Å². The van der Waals surface area contributed by atoms with E-state index in [4.69, 9.17) is 5.73 Å². The molecule has 1 rings (SSSR count). The Morgan fingerprint density at radius 1 is 1.40 bits per heavy atom. The van der Waals surface area contributed by atoms with Crippen molar-refractivity contribution in [2.24, 2.45) is 5.73 Å². The predicted octanol–water partition coefficient (Wildman–Crippen LogP) is 1.99. The van der Waals surface area contributed by atoms with Gasteiger partial charge >= 0.3 is 6.36 Å². The van der Waals surface area contributed by atoms with Gasteiger partial charge in [-0.05, 0) is 19.1 Å². The van der Waals surface area contributed by atoms with Crippen LogP contribution in [-0.4, -0.2) is 12.3 Å². The van der Waals surface area contributed by atoms with Crippen LogP contribution in [0.5, 0.6) is 5.75 Å². The van der Waals surface area contributed by atoms with Crippen molar-refractivity contribution < 1.29 is 22.7 Å². The van der Waals surface area contributed by atoms with E-state index in [2.05, 4.69) is 4.74 Å². The van der Waals surface area contributed by atoms with E-state index in [-0.39, 0.29) is 11.1 Å². The van der Waals surface area contributed by atoms with Gasteiger partial charge < -0.3 is 10.5 Å². The van der Waals surface area contributed by atoms with Crippen LogP contribution < -0.4 is 10.5 Å². The summed E-state index contributed by atoms with van der Waals surface area (Å²) in [5.41, 5.74) is 5.05. The molecule has 1 amide bonds. The van der Waals surface area contributed by atoms with Crippen LogP contribution in [0.25, 0.3) is 0 Å². The van der Waals surface area contributed by atoms with Gasteiger partial charge in [-0.15, -0.1) is 13.2 Å². The summed E-state index contributed by atoms with van der Waals surface area (Å²) < 4.78 is 39.5. The van der Waals surface area contributed by atoms with E-state index in [0.717, 1.165) is 6.07 Å². The Labute approximate surface area is 83.6 Å². The fourth-order valence-corrected chi connectivity index (χ4v) is 1.12. The van der Waals surface area contributed by atoms with Crippen LogP contribution in [0.2, 0.25) is 0 Å². The molecule has 0 atom stereocenters. The SMILES string of the molecule is Cc1c(OC(F)(F)F)cccc1C(N)=O. The fourth-order valence-electron chi connectivity index (χ4n) is 1.12. The van der Waals surface area contributed by atoms with Crippen molar-refractivity contribution in [1.29, 1.82) is 0 Å². The third-order valence-electron chi connectivity index (χ3n) is 1.78. The molecular weight excluding hydrogens is 211 g/mol. The van der Waals surface area contributed by atoms with Crippen molar-refractivity contribution >= 4 is 5.91 Å². The first-order valence-electron chi connectivity index (χ1n) is 3.96. The Morgan fingerprint density at radius 2 is 2.00 bits per heavy atom. The summed E-state index contributed by atoms with van der Waals surface area (Å²) >= 11 is 0. The van der Waals surface area contributed by atoms with Gasteiger partial charge in [0.15, 0.2) is 0 Å². The van der Waals surface area contributed by atoms with E-state index >= 15 is 0 Å². The van der Waals surface area contributed by atoms with Crippen LogP contribution in [0, 0.1) is 6.92 Å². The Kier molecular flexibility index (Phi) is 2.88. The number of primary amides is 1. The first-order chi connectivity index (χ1) is 6.81.